The average Bonchev–Trinajstić information content (AvgIpc) is 2.58. The Hall–Kier alpha value is -2.67. The fourth-order valence-corrected chi connectivity index (χ4v) is 1.97. The Morgan fingerprint density at radius 3 is 2.71 bits per heavy atom. The summed E-state index contributed by atoms with van der Waals surface area (Å²) in [6.07, 6.45) is 1.58. The quantitative estimate of drug-likeness (QED) is 0.791. The molecule has 1 heterocycles. The summed E-state index contributed by atoms with van der Waals surface area (Å²) >= 11 is 0. The highest BCUT2D eigenvalue weighted by Crippen LogP contribution is 2.21. The number of nitrogens with zero attached hydrogens (tertiary/aromatic N) is 2. The summed E-state index contributed by atoms with van der Waals surface area (Å²) in [5.41, 5.74) is 1.31. The van der Waals surface area contributed by atoms with Gasteiger partial charge in [-0.2, -0.15) is 0 Å². The highest BCUT2D eigenvalue weighted by Gasteiger charge is 2.13. The molecule has 0 atom stereocenters. The van der Waals surface area contributed by atoms with Crippen LogP contribution in [0.5, 0.6) is 5.88 Å². The third-order valence-electron chi connectivity index (χ3n) is 3.22. The first-order chi connectivity index (χ1) is 11.6. The van der Waals surface area contributed by atoms with E-state index in [4.69, 9.17) is 9.47 Å². The molecule has 0 fully saturated rings. The van der Waals surface area contributed by atoms with Gasteiger partial charge in [0.1, 0.15) is 18.1 Å². The average molecular weight is 333 g/mol. The van der Waals surface area contributed by atoms with Crippen molar-refractivity contribution < 1.29 is 18.7 Å². The number of nitrogens with one attached hydrogen (secondary N) is 1. The molecule has 2 aromatic rings. The van der Waals surface area contributed by atoms with E-state index < -0.39 is 0 Å². The maximum atomic E-state index is 12.9. The van der Waals surface area contributed by atoms with Crippen LogP contribution in [-0.2, 0) is 11.3 Å². The molecule has 0 saturated carbocycles. The number of amides is 2. The van der Waals surface area contributed by atoms with Gasteiger partial charge in [-0.05, 0) is 29.8 Å². The van der Waals surface area contributed by atoms with Crippen molar-refractivity contribution >= 4 is 11.7 Å². The molecule has 128 valence electrons. The van der Waals surface area contributed by atoms with Crippen molar-refractivity contribution in [3.63, 3.8) is 0 Å². The molecule has 2 rings (SSSR count). The van der Waals surface area contributed by atoms with Gasteiger partial charge < -0.3 is 19.7 Å². The number of carbonyl (C=O) groups is 1. The van der Waals surface area contributed by atoms with Crippen LogP contribution >= 0.6 is 0 Å². The van der Waals surface area contributed by atoms with Crippen LogP contribution in [0.4, 0.5) is 14.9 Å². The smallest absolute Gasteiger partial charge is 0.322 e. The van der Waals surface area contributed by atoms with Gasteiger partial charge in [-0.1, -0.05) is 12.1 Å². The summed E-state index contributed by atoms with van der Waals surface area (Å²) in [6, 6.07) is 9.11. The number of urea groups is 1. The van der Waals surface area contributed by atoms with Crippen LogP contribution in [0, 0.1) is 5.82 Å². The molecule has 0 aliphatic heterocycles. The van der Waals surface area contributed by atoms with Crippen LogP contribution in [-0.4, -0.2) is 43.3 Å². The van der Waals surface area contributed by atoms with E-state index in [1.54, 1.807) is 44.6 Å². The predicted molar refractivity (Wildman–Crippen MR) is 88.5 cm³/mol. The van der Waals surface area contributed by atoms with Crippen LogP contribution in [0.25, 0.3) is 0 Å². The molecule has 0 unspecified atom stereocenters. The maximum absolute atomic E-state index is 12.9. The first kappa shape index (κ1) is 17.7. The summed E-state index contributed by atoms with van der Waals surface area (Å²) in [5, 5.41) is 2.75. The molecule has 1 N–H and O–H groups in total. The van der Waals surface area contributed by atoms with Crippen molar-refractivity contribution in [3.8, 4) is 5.88 Å². The van der Waals surface area contributed by atoms with Crippen LogP contribution in [0.2, 0.25) is 0 Å². The van der Waals surface area contributed by atoms with E-state index in [1.165, 1.54) is 17.0 Å². The molecule has 0 bridgehead atoms. The number of anilines is 1. The second-order valence-electron chi connectivity index (χ2n) is 5.11. The lowest BCUT2D eigenvalue weighted by atomic mass is 10.2. The largest absolute Gasteiger partial charge is 0.474 e. The summed E-state index contributed by atoms with van der Waals surface area (Å²) in [5.74, 6) is 0.0251. The molecule has 24 heavy (non-hydrogen) atoms. The Balaban J connectivity index is 1.96. The van der Waals surface area contributed by atoms with Crippen molar-refractivity contribution in [1.82, 2.24) is 9.88 Å². The van der Waals surface area contributed by atoms with E-state index >= 15 is 0 Å². The summed E-state index contributed by atoms with van der Waals surface area (Å²) in [7, 11) is 3.23. The molecule has 6 nitrogen and oxygen atoms in total. The third kappa shape index (κ3) is 5.20. The first-order valence-electron chi connectivity index (χ1n) is 7.43. The first-order valence-corrected chi connectivity index (χ1v) is 7.43. The molecule has 0 saturated heterocycles. The Morgan fingerprint density at radius 1 is 1.25 bits per heavy atom. The summed E-state index contributed by atoms with van der Waals surface area (Å²) < 4.78 is 23.3. The topological polar surface area (TPSA) is 63.7 Å². The zero-order chi connectivity index (χ0) is 17.4. The fraction of sp³-hybridized carbons (Fsp3) is 0.294. The van der Waals surface area contributed by atoms with Gasteiger partial charge >= 0.3 is 6.03 Å². The predicted octanol–water partition coefficient (Wildman–Crippen LogP) is 2.91. The molecule has 7 heteroatoms. The van der Waals surface area contributed by atoms with Gasteiger partial charge in [0.05, 0.1) is 6.61 Å². The second kappa shape index (κ2) is 8.83. The molecule has 0 aliphatic rings. The molecule has 1 aromatic carbocycles. The van der Waals surface area contributed by atoms with Crippen molar-refractivity contribution in [1.29, 1.82) is 0 Å². The van der Waals surface area contributed by atoms with Crippen LogP contribution in [0.15, 0.2) is 42.6 Å². The standard InChI is InChI=1S/C17H20FN3O3/c1-21(12-13-5-7-14(18)8-6-13)17(22)20-15-4-3-9-19-16(15)24-11-10-23-2/h3-9H,10-12H2,1-2H3,(H,20,22). The number of hydrogen-bond donors (Lipinski definition) is 1. The van der Waals surface area contributed by atoms with E-state index in [-0.39, 0.29) is 11.8 Å². The van der Waals surface area contributed by atoms with Crippen molar-refractivity contribution in [2.45, 2.75) is 6.54 Å². The van der Waals surface area contributed by atoms with E-state index in [1.807, 2.05) is 0 Å². The van der Waals surface area contributed by atoms with E-state index in [0.29, 0.717) is 31.3 Å². The van der Waals surface area contributed by atoms with Gasteiger partial charge in [-0.15, -0.1) is 0 Å². The monoisotopic (exact) mass is 333 g/mol. The normalized spacial score (nSPS) is 10.3. The number of hydrogen-bond acceptors (Lipinski definition) is 4. The second-order valence-corrected chi connectivity index (χ2v) is 5.11. The number of carbonyl (C=O) groups excluding carboxylic acids is 1. The number of methoxy groups -OCH3 is 1. The van der Waals surface area contributed by atoms with Crippen LogP contribution < -0.4 is 10.1 Å². The maximum Gasteiger partial charge on any atom is 0.322 e. The number of benzene rings is 1. The van der Waals surface area contributed by atoms with Gasteiger partial charge in [-0.3, -0.25) is 0 Å². The molecular weight excluding hydrogens is 313 g/mol. The molecular formula is C17H20FN3O3. The van der Waals surface area contributed by atoms with Gasteiger partial charge in [-0.25, -0.2) is 14.2 Å². The van der Waals surface area contributed by atoms with E-state index in [9.17, 15) is 9.18 Å². The zero-order valence-electron chi connectivity index (χ0n) is 13.7. The minimum Gasteiger partial charge on any atom is -0.474 e. The van der Waals surface area contributed by atoms with Gasteiger partial charge in [0, 0.05) is 26.9 Å². The molecule has 2 amide bonds. The van der Waals surface area contributed by atoms with Gasteiger partial charge in [0.15, 0.2) is 0 Å². The number of pyridine rings is 1. The lowest BCUT2D eigenvalue weighted by Gasteiger charge is -2.19. The van der Waals surface area contributed by atoms with Crippen molar-refractivity contribution in [3.05, 3.63) is 54.0 Å². The number of aromatic nitrogens is 1. The number of ether oxygens (including phenoxy) is 2. The van der Waals surface area contributed by atoms with Crippen LogP contribution in [0.3, 0.4) is 0 Å². The van der Waals surface area contributed by atoms with Crippen molar-refractivity contribution in [2.75, 3.05) is 32.7 Å². The Labute approximate surface area is 140 Å². The Morgan fingerprint density at radius 2 is 2.00 bits per heavy atom. The lowest BCUT2D eigenvalue weighted by molar-refractivity contribution is 0.144. The summed E-state index contributed by atoms with van der Waals surface area (Å²) in [4.78, 5) is 17.9. The minimum atomic E-state index is -0.316. The van der Waals surface area contributed by atoms with E-state index in [0.717, 1.165) is 5.56 Å². The molecule has 1 aromatic heterocycles. The third-order valence-corrected chi connectivity index (χ3v) is 3.22. The number of rotatable bonds is 7. The van der Waals surface area contributed by atoms with Gasteiger partial charge in [0.2, 0.25) is 5.88 Å². The Bertz CT molecular complexity index is 664. The molecule has 0 aliphatic carbocycles. The summed E-state index contributed by atoms with van der Waals surface area (Å²) in [6.45, 7) is 1.11. The molecule has 0 radical (unpaired) electrons. The van der Waals surface area contributed by atoms with Crippen molar-refractivity contribution in [2.24, 2.45) is 0 Å². The number of halogens is 1. The fourth-order valence-electron chi connectivity index (χ4n) is 1.97. The Kier molecular flexibility index (Phi) is 6.51. The zero-order valence-corrected chi connectivity index (χ0v) is 13.7. The van der Waals surface area contributed by atoms with Gasteiger partial charge in [0.25, 0.3) is 0 Å². The SMILES string of the molecule is COCCOc1ncccc1NC(=O)N(C)Cc1ccc(F)cc1. The lowest BCUT2D eigenvalue weighted by Crippen LogP contribution is -2.31. The van der Waals surface area contributed by atoms with Crippen LogP contribution in [0.1, 0.15) is 5.56 Å². The minimum absolute atomic E-state index is 0.306. The molecule has 0 spiro atoms. The highest BCUT2D eigenvalue weighted by atomic mass is 19.1. The highest BCUT2D eigenvalue weighted by molar-refractivity contribution is 5.90. The van der Waals surface area contributed by atoms with E-state index in [2.05, 4.69) is 10.3 Å².